The summed E-state index contributed by atoms with van der Waals surface area (Å²) >= 11 is 0. The standard InChI is InChI=1S/C14H23N3O3S/c1-10(2)9-15-14(18)16-12-5-7-13(8-6-12)21(19,20)17-11(3)4/h5-8,10-11,17H,9H2,1-4H3,(H2,15,16,18). The molecule has 6 nitrogen and oxygen atoms in total. The van der Waals surface area contributed by atoms with Crippen LogP contribution < -0.4 is 15.4 Å². The first-order valence-electron chi connectivity index (χ1n) is 6.88. The Morgan fingerprint density at radius 2 is 1.67 bits per heavy atom. The van der Waals surface area contributed by atoms with E-state index < -0.39 is 10.0 Å². The molecule has 0 heterocycles. The Bertz CT molecular complexity index is 566. The summed E-state index contributed by atoms with van der Waals surface area (Å²) in [7, 11) is -3.50. The zero-order chi connectivity index (χ0) is 16.0. The van der Waals surface area contributed by atoms with Crippen molar-refractivity contribution in [3.8, 4) is 0 Å². The Morgan fingerprint density at radius 1 is 1.10 bits per heavy atom. The van der Waals surface area contributed by atoms with Crippen LogP contribution >= 0.6 is 0 Å². The van der Waals surface area contributed by atoms with E-state index >= 15 is 0 Å². The number of hydrogen-bond acceptors (Lipinski definition) is 3. The van der Waals surface area contributed by atoms with Gasteiger partial charge in [-0.05, 0) is 44.0 Å². The van der Waals surface area contributed by atoms with Gasteiger partial charge in [-0.15, -0.1) is 0 Å². The van der Waals surface area contributed by atoms with Crippen molar-refractivity contribution in [1.29, 1.82) is 0 Å². The molecule has 0 aliphatic carbocycles. The van der Waals surface area contributed by atoms with Crippen molar-refractivity contribution in [2.75, 3.05) is 11.9 Å². The Kier molecular flexibility index (Phi) is 6.17. The van der Waals surface area contributed by atoms with Crippen molar-refractivity contribution in [2.45, 2.75) is 38.6 Å². The van der Waals surface area contributed by atoms with Gasteiger partial charge in [0.1, 0.15) is 0 Å². The molecule has 1 aromatic rings. The molecule has 0 spiro atoms. The van der Waals surface area contributed by atoms with Gasteiger partial charge < -0.3 is 10.6 Å². The molecule has 0 aromatic heterocycles. The smallest absolute Gasteiger partial charge is 0.319 e. The lowest BCUT2D eigenvalue weighted by molar-refractivity contribution is 0.251. The van der Waals surface area contributed by atoms with Gasteiger partial charge in [0.25, 0.3) is 0 Å². The van der Waals surface area contributed by atoms with Crippen LogP contribution in [0.2, 0.25) is 0 Å². The first-order valence-corrected chi connectivity index (χ1v) is 8.36. The number of anilines is 1. The van der Waals surface area contributed by atoms with Crippen LogP contribution in [0.4, 0.5) is 10.5 Å². The minimum absolute atomic E-state index is 0.171. The summed E-state index contributed by atoms with van der Waals surface area (Å²) in [5.74, 6) is 0.366. The number of benzene rings is 1. The molecule has 0 radical (unpaired) electrons. The highest BCUT2D eigenvalue weighted by atomic mass is 32.2. The van der Waals surface area contributed by atoms with E-state index in [1.54, 1.807) is 26.0 Å². The molecule has 0 saturated heterocycles. The van der Waals surface area contributed by atoms with Crippen molar-refractivity contribution < 1.29 is 13.2 Å². The minimum Gasteiger partial charge on any atom is -0.338 e. The maximum atomic E-state index is 11.9. The van der Waals surface area contributed by atoms with Gasteiger partial charge in [0.05, 0.1) is 4.90 Å². The first-order chi connectivity index (χ1) is 9.70. The predicted molar refractivity (Wildman–Crippen MR) is 83.8 cm³/mol. The lowest BCUT2D eigenvalue weighted by atomic mass is 10.2. The fraction of sp³-hybridized carbons (Fsp3) is 0.500. The van der Waals surface area contributed by atoms with Crippen molar-refractivity contribution in [2.24, 2.45) is 5.92 Å². The first kappa shape index (κ1) is 17.5. The van der Waals surface area contributed by atoms with Crippen molar-refractivity contribution in [3.05, 3.63) is 24.3 Å². The average molecular weight is 313 g/mol. The van der Waals surface area contributed by atoms with Gasteiger partial charge in [-0.25, -0.2) is 17.9 Å². The number of carbonyl (C=O) groups is 1. The van der Waals surface area contributed by atoms with Crippen LogP contribution in [0.1, 0.15) is 27.7 Å². The van der Waals surface area contributed by atoms with Gasteiger partial charge in [0, 0.05) is 18.3 Å². The van der Waals surface area contributed by atoms with Crippen LogP contribution in [-0.4, -0.2) is 27.0 Å². The minimum atomic E-state index is -3.50. The molecule has 0 aliphatic heterocycles. The van der Waals surface area contributed by atoms with E-state index in [1.165, 1.54) is 12.1 Å². The summed E-state index contributed by atoms with van der Waals surface area (Å²) in [4.78, 5) is 11.8. The number of nitrogens with one attached hydrogen (secondary N) is 3. The summed E-state index contributed by atoms with van der Waals surface area (Å²) in [6.45, 7) is 8.10. The highest BCUT2D eigenvalue weighted by molar-refractivity contribution is 7.89. The quantitative estimate of drug-likeness (QED) is 0.752. The molecule has 0 bridgehead atoms. The lowest BCUT2D eigenvalue weighted by Gasteiger charge is -2.11. The number of rotatable bonds is 6. The topological polar surface area (TPSA) is 87.3 Å². The van der Waals surface area contributed by atoms with Crippen LogP contribution in [-0.2, 0) is 10.0 Å². The van der Waals surface area contributed by atoms with Crippen LogP contribution in [0.5, 0.6) is 0 Å². The van der Waals surface area contributed by atoms with Gasteiger partial charge in [-0.1, -0.05) is 13.8 Å². The maximum Gasteiger partial charge on any atom is 0.319 e. The molecule has 2 amide bonds. The van der Waals surface area contributed by atoms with E-state index in [0.29, 0.717) is 18.2 Å². The highest BCUT2D eigenvalue weighted by Gasteiger charge is 2.15. The zero-order valence-corrected chi connectivity index (χ0v) is 13.6. The van der Waals surface area contributed by atoms with E-state index in [0.717, 1.165) is 0 Å². The van der Waals surface area contributed by atoms with E-state index in [9.17, 15) is 13.2 Å². The van der Waals surface area contributed by atoms with Crippen molar-refractivity contribution in [3.63, 3.8) is 0 Å². The number of urea groups is 1. The van der Waals surface area contributed by atoms with Crippen molar-refractivity contribution in [1.82, 2.24) is 10.0 Å². The molecule has 0 fully saturated rings. The summed E-state index contributed by atoms with van der Waals surface area (Å²) in [6.07, 6.45) is 0. The molecular weight excluding hydrogens is 290 g/mol. The zero-order valence-electron chi connectivity index (χ0n) is 12.8. The van der Waals surface area contributed by atoms with Gasteiger partial charge in [0.15, 0.2) is 0 Å². The molecule has 1 rings (SSSR count). The third kappa shape index (κ3) is 6.14. The fourth-order valence-electron chi connectivity index (χ4n) is 1.57. The van der Waals surface area contributed by atoms with Crippen LogP contribution in [0.15, 0.2) is 29.2 Å². The van der Waals surface area contributed by atoms with Gasteiger partial charge >= 0.3 is 6.03 Å². The Hall–Kier alpha value is -1.60. The molecular formula is C14H23N3O3S. The monoisotopic (exact) mass is 313 g/mol. The second-order valence-corrected chi connectivity index (χ2v) is 7.24. The highest BCUT2D eigenvalue weighted by Crippen LogP contribution is 2.14. The molecule has 3 N–H and O–H groups in total. The molecule has 0 aliphatic rings. The molecule has 0 unspecified atom stereocenters. The SMILES string of the molecule is CC(C)CNC(=O)Nc1ccc(S(=O)(=O)NC(C)C)cc1. The van der Waals surface area contributed by atoms with Crippen molar-refractivity contribution >= 4 is 21.7 Å². The number of hydrogen-bond donors (Lipinski definition) is 3. The Balaban J connectivity index is 2.68. The average Bonchev–Trinajstić information content (AvgIpc) is 2.35. The third-order valence-electron chi connectivity index (χ3n) is 2.48. The maximum absolute atomic E-state index is 11.9. The molecule has 0 atom stereocenters. The summed E-state index contributed by atoms with van der Waals surface area (Å²) in [5.41, 5.74) is 0.541. The number of carbonyl (C=O) groups excluding carboxylic acids is 1. The van der Waals surface area contributed by atoms with Crippen LogP contribution in [0, 0.1) is 5.92 Å². The lowest BCUT2D eigenvalue weighted by Crippen LogP contribution is -2.31. The molecule has 0 saturated carbocycles. The van der Waals surface area contributed by atoms with Gasteiger partial charge in [0.2, 0.25) is 10.0 Å². The summed E-state index contributed by atoms with van der Waals surface area (Å²) < 4.78 is 26.4. The molecule has 7 heteroatoms. The summed E-state index contributed by atoms with van der Waals surface area (Å²) in [6, 6.07) is 5.56. The Labute approximate surface area is 126 Å². The largest absolute Gasteiger partial charge is 0.338 e. The number of sulfonamides is 1. The van der Waals surface area contributed by atoms with E-state index in [4.69, 9.17) is 0 Å². The molecule has 21 heavy (non-hydrogen) atoms. The van der Waals surface area contributed by atoms with E-state index in [1.807, 2.05) is 13.8 Å². The van der Waals surface area contributed by atoms with E-state index in [2.05, 4.69) is 15.4 Å². The van der Waals surface area contributed by atoms with Gasteiger partial charge in [-0.3, -0.25) is 0 Å². The summed E-state index contributed by atoms with van der Waals surface area (Å²) in [5, 5.41) is 5.37. The van der Waals surface area contributed by atoms with Crippen LogP contribution in [0.25, 0.3) is 0 Å². The fourth-order valence-corrected chi connectivity index (χ4v) is 2.82. The normalized spacial score (nSPS) is 11.7. The van der Waals surface area contributed by atoms with E-state index in [-0.39, 0.29) is 17.0 Å². The Morgan fingerprint density at radius 3 is 2.14 bits per heavy atom. The second-order valence-electron chi connectivity index (χ2n) is 5.53. The van der Waals surface area contributed by atoms with Crippen LogP contribution in [0.3, 0.4) is 0 Å². The second kappa shape index (κ2) is 7.42. The predicted octanol–water partition coefficient (Wildman–Crippen LogP) is 2.15. The molecule has 118 valence electrons. The number of amides is 2. The third-order valence-corrected chi connectivity index (χ3v) is 4.16. The molecule has 1 aromatic carbocycles. The van der Waals surface area contributed by atoms with Gasteiger partial charge in [-0.2, -0.15) is 0 Å².